The molecule has 3 heteroatoms. The Kier molecular flexibility index (Phi) is 2.91. The Labute approximate surface area is 121 Å². The molecule has 0 saturated heterocycles. The summed E-state index contributed by atoms with van der Waals surface area (Å²) in [7, 11) is 0. The predicted molar refractivity (Wildman–Crippen MR) is 82.6 cm³/mol. The van der Waals surface area contributed by atoms with E-state index in [1.165, 1.54) is 43.7 Å². The van der Waals surface area contributed by atoms with Gasteiger partial charge in [0.05, 0.1) is 6.04 Å². The van der Waals surface area contributed by atoms with E-state index >= 15 is 0 Å². The molecule has 0 spiro atoms. The van der Waals surface area contributed by atoms with Crippen molar-refractivity contribution in [1.29, 1.82) is 0 Å². The van der Waals surface area contributed by atoms with E-state index in [0.29, 0.717) is 17.5 Å². The molecule has 5 aliphatic rings. The molecular formula is C16H26N2S. The van der Waals surface area contributed by atoms with Crippen molar-refractivity contribution in [2.24, 2.45) is 28.2 Å². The first-order chi connectivity index (χ1) is 9.13. The van der Waals surface area contributed by atoms with Crippen LogP contribution in [0.3, 0.4) is 0 Å². The Hall–Kier alpha value is -0.180. The van der Waals surface area contributed by atoms with E-state index in [1.807, 2.05) is 11.8 Å². The lowest BCUT2D eigenvalue weighted by Crippen LogP contribution is -2.55. The lowest BCUT2D eigenvalue weighted by atomic mass is 9.48. The highest BCUT2D eigenvalue weighted by atomic mass is 32.2. The van der Waals surface area contributed by atoms with Gasteiger partial charge in [-0.3, -0.25) is 4.99 Å². The summed E-state index contributed by atoms with van der Waals surface area (Å²) >= 11 is 1.92. The summed E-state index contributed by atoms with van der Waals surface area (Å²) in [6.45, 7) is 4.65. The molecule has 2 atom stereocenters. The van der Waals surface area contributed by atoms with Gasteiger partial charge in [0.15, 0.2) is 5.17 Å². The van der Waals surface area contributed by atoms with Crippen molar-refractivity contribution in [3.63, 3.8) is 0 Å². The zero-order valence-electron chi connectivity index (χ0n) is 12.2. The maximum Gasteiger partial charge on any atom is 0.157 e. The smallest absolute Gasteiger partial charge is 0.157 e. The van der Waals surface area contributed by atoms with E-state index in [-0.39, 0.29) is 0 Å². The topological polar surface area (TPSA) is 24.4 Å². The maximum absolute atomic E-state index is 4.72. The number of hydrogen-bond donors (Lipinski definition) is 1. The first-order valence-corrected chi connectivity index (χ1v) is 9.09. The molecule has 0 radical (unpaired) electrons. The quantitative estimate of drug-likeness (QED) is 0.833. The van der Waals surface area contributed by atoms with E-state index in [9.17, 15) is 0 Å². The van der Waals surface area contributed by atoms with Crippen molar-refractivity contribution in [2.45, 2.75) is 64.5 Å². The van der Waals surface area contributed by atoms with Gasteiger partial charge in [0, 0.05) is 11.8 Å². The van der Waals surface area contributed by atoms with Crippen LogP contribution in [-0.4, -0.2) is 23.0 Å². The largest absolute Gasteiger partial charge is 0.362 e. The average Bonchev–Trinajstić information content (AvgIpc) is 2.73. The Morgan fingerprint density at radius 1 is 1.16 bits per heavy atom. The second-order valence-corrected chi connectivity index (χ2v) is 8.75. The fourth-order valence-corrected chi connectivity index (χ4v) is 6.59. The van der Waals surface area contributed by atoms with Crippen LogP contribution in [0, 0.1) is 23.2 Å². The second-order valence-electron chi connectivity index (χ2n) is 7.74. The number of rotatable bonds is 2. The van der Waals surface area contributed by atoms with Gasteiger partial charge >= 0.3 is 0 Å². The van der Waals surface area contributed by atoms with Gasteiger partial charge in [-0.1, -0.05) is 11.8 Å². The molecule has 1 aliphatic heterocycles. The monoisotopic (exact) mass is 278 g/mol. The lowest BCUT2D eigenvalue weighted by Gasteiger charge is -2.59. The van der Waals surface area contributed by atoms with Crippen molar-refractivity contribution in [1.82, 2.24) is 5.32 Å². The molecule has 1 heterocycles. The Morgan fingerprint density at radius 2 is 1.74 bits per heavy atom. The molecule has 2 unspecified atom stereocenters. The zero-order valence-corrected chi connectivity index (χ0v) is 13.0. The highest BCUT2D eigenvalue weighted by Crippen LogP contribution is 2.61. The van der Waals surface area contributed by atoms with Crippen LogP contribution in [0.4, 0.5) is 0 Å². The minimum Gasteiger partial charge on any atom is -0.362 e. The highest BCUT2D eigenvalue weighted by Gasteiger charge is 2.53. The Morgan fingerprint density at radius 3 is 2.21 bits per heavy atom. The third-order valence-corrected chi connectivity index (χ3v) is 7.29. The van der Waals surface area contributed by atoms with Gasteiger partial charge < -0.3 is 5.32 Å². The van der Waals surface area contributed by atoms with Crippen LogP contribution in [0.25, 0.3) is 0 Å². The molecule has 4 fully saturated rings. The van der Waals surface area contributed by atoms with Crippen molar-refractivity contribution < 1.29 is 0 Å². The maximum atomic E-state index is 4.72. The number of nitrogens with one attached hydrogen (secondary N) is 1. The third kappa shape index (κ3) is 2.12. The van der Waals surface area contributed by atoms with Crippen LogP contribution in [0.5, 0.6) is 0 Å². The summed E-state index contributed by atoms with van der Waals surface area (Å²) in [6.07, 6.45) is 9.08. The zero-order chi connectivity index (χ0) is 13.0. The molecule has 1 N–H and O–H groups in total. The molecule has 0 amide bonds. The summed E-state index contributed by atoms with van der Waals surface area (Å²) in [4.78, 5) is 4.72. The number of nitrogens with zero attached hydrogens (tertiary/aromatic N) is 1. The molecule has 106 valence electrons. The van der Waals surface area contributed by atoms with Crippen molar-refractivity contribution >= 4 is 16.9 Å². The summed E-state index contributed by atoms with van der Waals surface area (Å²) in [5.74, 6) is 4.31. The van der Waals surface area contributed by atoms with E-state index in [2.05, 4.69) is 19.2 Å². The fraction of sp³-hybridized carbons (Fsp3) is 0.938. The molecule has 2 nitrogen and oxygen atoms in total. The van der Waals surface area contributed by atoms with Crippen LogP contribution >= 0.6 is 11.8 Å². The predicted octanol–water partition coefficient (Wildman–Crippen LogP) is 3.67. The highest BCUT2D eigenvalue weighted by molar-refractivity contribution is 8.14. The molecule has 0 aromatic carbocycles. The molecule has 4 bridgehead atoms. The van der Waals surface area contributed by atoms with Gasteiger partial charge in [0.2, 0.25) is 0 Å². The SMILES string of the molecule is CC1CSC(NC(C)C23CC4CC(CC(C4)C2)C3)=N1. The van der Waals surface area contributed by atoms with Gasteiger partial charge in [-0.25, -0.2) is 0 Å². The van der Waals surface area contributed by atoms with E-state index in [1.54, 1.807) is 0 Å². The standard InChI is InChI=1S/C16H26N2S/c1-10-9-19-15(17-10)18-11(2)16-6-12-3-13(7-16)5-14(4-12)8-16/h10-14H,3-9H2,1-2H3,(H,17,18). The van der Waals surface area contributed by atoms with Gasteiger partial charge in [0.1, 0.15) is 0 Å². The molecule has 5 rings (SSSR count). The first-order valence-electron chi connectivity index (χ1n) is 8.10. The van der Waals surface area contributed by atoms with Crippen LogP contribution < -0.4 is 5.32 Å². The van der Waals surface area contributed by atoms with Crippen LogP contribution in [0.1, 0.15) is 52.4 Å². The van der Waals surface area contributed by atoms with Crippen molar-refractivity contribution in [3.05, 3.63) is 0 Å². The van der Waals surface area contributed by atoms with Gasteiger partial charge in [-0.05, 0) is 75.5 Å². The summed E-state index contributed by atoms with van der Waals surface area (Å²) in [5.41, 5.74) is 0.601. The third-order valence-electron chi connectivity index (χ3n) is 6.14. The molecule has 19 heavy (non-hydrogen) atoms. The van der Waals surface area contributed by atoms with Gasteiger partial charge in [-0.2, -0.15) is 0 Å². The molecule has 4 aliphatic carbocycles. The first kappa shape index (κ1) is 12.6. The summed E-state index contributed by atoms with van der Waals surface area (Å²) in [6, 6.07) is 1.13. The number of amidine groups is 1. The molecule has 0 aromatic heterocycles. The van der Waals surface area contributed by atoms with Crippen LogP contribution in [0.15, 0.2) is 4.99 Å². The van der Waals surface area contributed by atoms with E-state index in [4.69, 9.17) is 4.99 Å². The molecular weight excluding hydrogens is 252 g/mol. The number of thioether (sulfide) groups is 1. The summed E-state index contributed by atoms with van der Waals surface area (Å²) in [5, 5.41) is 5.00. The number of aliphatic imine (C=N–C) groups is 1. The summed E-state index contributed by atoms with van der Waals surface area (Å²) < 4.78 is 0. The molecule has 0 aromatic rings. The van der Waals surface area contributed by atoms with Crippen molar-refractivity contribution in [3.8, 4) is 0 Å². The molecule has 4 saturated carbocycles. The fourth-order valence-electron chi connectivity index (χ4n) is 5.60. The number of hydrogen-bond acceptors (Lipinski definition) is 3. The normalized spacial score (nSPS) is 49.3. The Bertz CT molecular complexity index is 368. The minimum atomic E-state index is 0.510. The van der Waals surface area contributed by atoms with Gasteiger partial charge in [-0.15, -0.1) is 0 Å². The van der Waals surface area contributed by atoms with Crippen LogP contribution in [0.2, 0.25) is 0 Å². The van der Waals surface area contributed by atoms with Gasteiger partial charge in [0.25, 0.3) is 0 Å². The van der Waals surface area contributed by atoms with Crippen molar-refractivity contribution in [2.75, 3.05) is 5.75 Å². The average molecular weight is 278 g/mol. The minimum absolute atomic E-state index is 0.510. The second kappa shape index (κ2) is 4.41. The Balaban J connectivity index is 1.50. The van der Waals surface area contributed by atoms with E-state index < -0.39 is 0 Å². The van der Waals surface area contributed by atoms with Crippen LogP contribution in [-0.2, 0) is 0 Å². The lowest BCUT2D eigenvalue weighted by molar-refractivity contribution is -0.0671. The van der Waals surface area contributed by atoms with E-state index in [0.717, 1.165) is 23.5 Å².